The molecular weight excluding hydrogens is 380 g/mol. The fourth-order valence-electron chi connectivity index (χ4n) is 2.53. The van der Waals surface area contributed by atoms with Gasteiger partial charge in [0.2, 0.25) is 11.8 Å². The molecule has 2 aromatic carbocycles. The summed E-state index contributed by atoms with van der Waals surface area (Å²) in [6.07, 6.45) is 0. The van der Waals surface area contributed by atoms with Crippen LogP contribution in [0.4, 0.5) is 5.69 Å². The summed E-state index contributed by atoms with van der Waals surface area (Å²) in [6, 6.07) is 15.7. The van der Waals surface area contributed by atoms with Crippen molar-refractivity contribution in [3.63, 3.8) is 0 Å². The minimum atomic E-state index is -0.486. The average molecular weight is 398 g/mol. The van der Waals surface area contributed by atoms with Crippen LogP contribution in [0.15, 0.2) is 64.2 Å². The lowest BCUT2D eigenvalue weighted by Crippen LogP contribution is -2.31. The SMILES string of the molecule is CCN(Cc1ccccc1)C(=O)CSc1nnc(-c2cccc([N+](=O)[O-])c2)o1. The van der Waals surface area contributed by atoms with Gasteiger partial charge in [-0.05, 0) is 18.6 Å². The summed E-state index contributed by atoms with van der Waals surface area (Å²) in [4.78, 5) is 24.6. The minimum Gasteiger partial charge on any atom is -0.411 e. The van der Waals surface area contributed by atoms with Gasteiger partial charge in [0.05, 0.1) is 10.7 Å². The molecule has 0 atom stereocenters. The predicted octanol–water partition coefficient (Wildman–Crippen LogP) is 3.79. The second-order valence-corrected chi connectivity index (χ2v) is 6.79. The van der Waals surface area contributed by atoms with E-state index in [1.807, 2.05) is 37.3 Å². The molecule has 0 spiro atoms. The van der Waals surface area contributed by atoms with E-state index >= 15 is 0 Å². The van der Waals surface area contributed by atoms with E-state index in [1.165, 1.54) is 12.1 Å². The third-order valence-electron chi connectivity index (χ3n) is 3.98. The van der Waals surface area contributed by atoms with Crippen LogP contribution in [0.3, 0.4) is 0 Å². The van der Waals surface area contributed by atoms with Crippen molar-refractivity contribution >= 4 is 23.4 Å². The van der Waals surface area contributed by atoms with Gasteiger partial charge in [0, 0.05) is 30.8 Å². The van der Waals surface area contributed by atoms with Crippen molar-refractivity contribution in [2.45, 2.75) is 18.7 Å². The lowest BCUT2D eigenvalue weighted by molar-refractivity contribution is -0.384. The molecule has 0 N–H and O–H groups in total. The van der Waals surface area contributed by atoms with Gasteiger partial charge in [-0.3, -0.25) is 14.9 Å². The summed E-state index contributed by atoms with van der Waals surface area (Å²) in [5, 5.41) is 19.0. The molecule has 9 heteroatoms. The second kappa shape index (κ2) is 9.14. The summed E-state index contributed by atoms with van der Waals surface area (Å²) in [5.41, 5.74) is 1.46. The van der Waals surface area contributed by atoms with E-state index < -0.39 is 4.92 Å². The Morgan fingerprint density at radius 3 is 2.68 bits per heavy atom. The molecule has 1 aromatic heterocycles. The summed E-state index contributed by atoms with van der Waals surface area (Å²) >= 11 is 1.14. The van der Waals surface area contributed by atoms with Crippen molar-refractivity contribution in [3.05, 3.63) is 70.3 Å². The Kier molecular flexibility index (Phi) is 6.38. The minimum absolute atomic E-state index is 0.0357. The van der Waals surface area contributed by atoms with E-state index in [9.17, 15) is 14.9 Å². The van der Waals surface area contributed by atoms with Crippen molar-refractivity contribution in [1.29, 1.82) is 0 Å². The number of thioether (sulfide) groups is 1. The average Bonchev–Trinajstić information content (AvgIpc) is 3.20. The molecule has 0 radical (unpaired) electrons. The van der Waals surface area contributed by atoms with Gasteiger partial charge in [-0.1, -0.05) is 48.2 Å². The van der Waals surface area contributed by atoms with Crippen LogP contribution in [0, 0.1) is 10.1 Å². The molecule has 0 fully saturated rings. The highest BCUT2D eigenvalue weighted by Gasteiger charge is 2.16. The van der Waals surface area contributed by atoms with Crippen molar-refractivity contribution in [3.8, 4) is 11.5 Å². The zero-order chi connectivity index (χ0) is 19.9. The van der Waals surface area contributed by atoms with Crippen molar-refractivity contribution < 1.29 is 14.1 Å². The first-order valence-electron chi connectivity index (χ1n) is 8.59. The van der Waals surface area contributed by atoms with Crippen LogP contribution in [0.25, 0.3) is 11.5 Å². The Labute approximate surface area is 165 Å². The summed E-state index contributed by atoms with van der Waals surface area (Å²) in [6.45, 7) is 3.06. The molecule has 0 aliphatic heterocycles. The van der Waals surface area contributed by atoms with Gasteiger partial charge >= 0.3 is 0 Å². The van der Waals surface area contributed by atoms with Crippen molar-refractivity contribution in [2.75, 3.05) is 12.3 Å². The molecule has 28 heavy (non-hydrogen) atoms. The Morgan fingerprint density at radius 1 is 1.18 bits per heavy atom. The fourth-order valence-corrected chi connectivity index (χ4v) is 3.20. The molecule has 0 unspecified atom stereocenters. The van der Waals surface area contributed by atoms with Gasteiger partial charge in [0.15, 0.2) is 0 Å². The monoisotopic (exact) mass is 398 g/mol. The molecule has 8 nitrogen and oxygen atoms in total. The highest BCUT2D eigenvalue weighted by Crippen LogP contribution is 2.26. The number of rotatable bonds is 8. The van der Waals surface area contributed by atoms with Gasteiger partial charge in [-0.25, -0.2) is 0 Å². The molecule has 144 valence electrons. The van der Waals surface area contributed by atoms with Gasteiger partial charge in [-0.15, -0.1) is 10.2 Å². The van der Waals surface area contributed by atoms with Crippen molar-refractivity contribution in [2.24, 2.45) is 0 Å². The van der Waals surface area contributed by atoms with Crippen LogP contribution in [0.2, 0.25) is 0 Å². The van der Waals surface area contributed by atoms with Gasteiger partial charge in [0.1, 0.15) is 0 Å². The smallest absolute Gasteiger partial charge is 0.277 e. The van der Waals surface area contributed by atoms with Gasteiger partial charge < -0.3 is 9.32 Å². The van der Waals surface area contributed by atoms with E-state index in [1.54, 1.807) is 17.0 Å². The zero-order valence-electron chi connectivity index (χ0n) is 15.1. The van der Waals surface area contributed by atoms with Gasteiger partial charge in [0.25, 0.3) is 10.9 Å². The quantitative estimate of drug-likeness (QED) is 0.323. The van der Waals surface area contributed by atoms with Crippen LogP contribution in [0.1, 0.15) is 12.5 Å². The molecule has 1 amide bonds. The number of nitro benzene ring substituents is 1. The number of non-ortho nitro benzene ring substituents is 1. The Hall–Kier alpha value is -3.20. The molecule has 0 saturated heterocycles. The number of nitro groups is 1. The van der Waals surface area contributed by atoms with E-state index in [4.69, 9.17) is 4.42 Å². The summed E-state index contributed by atoms with van der Waals surface area (Å²) in [5.74, 6) is 0.304. The van der Waals surface area contributed by atoms with E-state index in [2.05, 4.69) is 10.2 Å². The summed E-state index contributed by atoms with van der Waals surface area (Å²) in [7, 11) is 0. The van der Waals surface area contributed by atoms with Gasteiger partial charge in [-0.2, -0.15) is 0 Å². The summed E-state index contributed by atoms with van der Waals surface area (Å²) < 4.78 is 5.53. The molecule has 0 aliphatic carbocycles. The standard InChI is InChI=1S/C19H18N4O4S/c1-2-22(12-14-7-4-3-5-8-14)17(24)13-28-19-21-20-18(27-19)15-9-6-10-16(11-15)23(25)26/h3-11H,2,12-13H2,1H3. The van der Waals surface area contributed by atoms with Crippen LogP contribution in [-0.4, -0.2) is 38.2 Å². The zero-order valence-corrected chi connectivity index (χ0v) is 16.0. The second-order valence-electron chi connectivity index (χ2n) is 5.86. The number of nitrogens with zero attached hydrogens (tertiary/aromatic N) is 4. The maximum atomic E-state index is 12.5. The van der Waals surface area contributed by atoms with Crippen LogP contribution in [0.5, 0.6) is 0 Å². The third kappa shape index (κ3) is 4.95. The van der Waals surface area contributed by atoms with E-state index in [-0.39, 0.29) is 28.5 Å². The number of benzene rings is 2. The number of carbonyl (C=O) groups excluding carboxylic acids is 1. The molecular formula is C19H18N4O4S. The molecule has 0 bridgehead atoms. The van der Waals surface area contributed by atoms with Crippen LogP contribution in [-0.2, 0) is 11.3 Å². The Morgan fingerprint density at radius 2 is 1.96 bits per heavy atom. The highest BCUT2D eigenvalue weighted by atomic mass is 32.2. The number of aromatic nitrogens is 2. The number of hydrogen-bond acceptors (Lipinski definition) is 7. The van der Waals surface area contributed by atoms with E-state index in [0.29, 0.717) is 18.7 Å². The first-order valence-corrected chi connectivity index (χ1v) is 9.58. The number of carbonyl (C=O) groups is 1. The van der Waals surface area contributed by atoms with Crippen molar-refractivity contribution in [1.82, 2.24) is 15.1 Å². The number of amides is 1. The Balaban J connectivity index is 1.61. The largest absolute Gasteiger partial charge is 0.411 e. The molecule has 0 aliphatic rings. The Bertz CT molecular complexity index is 961. The first-order chi connectivity index (χ1) is 13.6. The highest BCUT2D eigenvalue weighted by molar-refractivity contribution is 7.99. The normalized spacial score (nSPS) is 10.6. The topological polar surface area (TPSA) is 102 Å². The molecule has 3 aromatic rings. The predicted molar refractivity (Wildman–Crippen MR) is 105 cm³/mol. The number of hydrogen-bond donors (Lipinski definition) is 0. The van der Waals surface area contributed by atoms with Crippen LogP contribution >= 0.6 is 11.8 Å². The fraction of sp³-hybridized carbons (Fsp3) is 0.211. The first kappa shape index (κ1) is 19.6. The van der Waals surface area contributed by atoms with E-state index in [0.717, 1.165) is 17.3 Å². The lowest BCUT2D eigenvalue weighted by atomic mass is 10.2. The maximum Gasteiger partial charge on any atom is 0.277 e. The molecule has 0 saturated carbocycles. The lowest BCUT2D eigenvalue weighted by Gasteiger charge is -2.20. The molecule has 1 heterocycles. The molecule has 3 rings (SSSR count). The maximum absolute atomic E-state index is 12.5. The third-order valence-corrected chi connectivity index (χ3v) is 4.78. The van der Waals surface area contributed by atoms with Crippen LogP contribution < -0.4 is 0 Å².